The van der Waals surface area contributed by atoms with Gasteiger partial charge in [0.1, 0.15) is 0 Å². The first kappa shape index (κ1) is 17.6. The molecule has 0 N–H and O–H groups in total. The molecule has 2 fully saturated rings. The zero-order valence-corrected chi connectivity index (χ0v) is 14.9. The van der Waals surface area contributed by atoms with E-state index in [0.717, 1.165) is 76.7 Å². The smallest absolute Gasteiger partial charge is 0.256 e. The normalized spacial score (nSPS) is 21.8. The largest absolute Gasteiger partial charge is 0.379 e. The summed E-state index contributed by atoms with van der Waals surface area (Å²) in [5.74, 6) is 1.04. The van der Waals surface area contributed by atoms with Crippen molar-refractivity contribution in [3.63, 3.8) is 0 Å². The lowest BCUT2D eigenvalue weighted by Crippen LogP contribution is -2.40. The lowest BCUT2D eigenvalue weighted by atomic mass is 9.96. The lowest BCUT2D eigenvalue weighted by molar-refractivity contribution is 0.0855. The molecule has 134 valence electrons. The SMILES string of the molecule is Cc1ncn(CC2CCN(CC3COCCOC3)CC2)c(=O)c1C. The minimum absolute atomic E-state index is 0.109. The van der Waals surface area contributed by atoms with E-state index in [1.807, 2.05) is 13.8 Å². The highest BCUT2D eigenvalue weighted by atomic mass is 16.5. The van der Waals surface area contributed by atoms with Crippen LogP contribution < -0.4 is 5.56 Å². The highest BCUT2D eigenvalue weighted by Gasteiger charge is 2.23. The molecule has 24 heavy (non-hydrogen) atoms. The van der Waals surface area contributed by atoms with Crippen LogP contribution in [0.5, 0.6) is 0 Å². The molecule has 0 radical (unpaired) electrons. The summed E-state index contributed by atoms with van der Waals surface area (Å²) in [6.07, 6.45) is 3.97. The topological polar surface area (TPSA) is 56.6 Å². The minimum atomic E-state index is 0.109. The molecule has 1 aromatic heterocycles. The summed E-state index contributed by atoms with van der Waals surface area (Å²) in [6.45, 7) is 10.8. The number of hydrogen-bond acceptors (Lipinski definition) is 5. The third-order valence-corrected chi connectivity index (χ3v) is 5.27. The van der Waals surface area contributed by atoms with Crippen LogP contribution in [0.2, 0.25) is 0 Å². The summed E-state index contributed by atoms with van der Waals surface area (Å²) in [5.41, 5.74) is 1.71. The third-order valence-electron chi connectivity index (χ3n) is 5.27. The predicted molar refractivity (Wildman–Crippen MR) is 92.3 cm³/mol. The summed E-state index contributed by atoms with van der Waals surface area (Å²) < 4.78 is 13.0. The van der Waals surface area contributed by atoms with Gasteiger partial charge in [-0.2, -0.15) is 0 Å². The first-order valence-electron chi connectivity index (χ1n) is 9.04. The Kier molecular flexibility index (Phi) is 6.03. The third kappa shape index (κ3) is 4.43. The summed E-state index contributed by atoms with van der Waals surface area (Å²) in [4.78, 5) is 19.2. The van der Waals surface area contributed by atoms with Crippen molar-refractivity contribution in [1.82, 2.24) is 14.5 Å². The summed E-state index contributed by atoms with van der Waals surface area (Å²) >= 11 is 0. The molecule has 0 aromatic carbocycles. The number of piperidine rings is 1. The molecule has 2 saturated heterocycles. The van der Waals surface area contributed by atoms with E-state index in [-0.39, 0.29) is 5.56 Å². The van der Waals surface area contributed by atoms with Gasteiger partial charge < -0.3 is 14.4 Å². The molecule has 6 heteroatoms. The Hall–Kier alpha value is -1.24. The van der Waals surface area contributed by atoms with Crippen molar-refractivity contribution in [2.75, 3.05) is 46.1 Å². The van der Waals surface area contributed by atoms with Gasteiger partial charge in [-0.25, -0.2) is 4.98 Å². The Bertz CT molecular complexity index is 586. The van der Waals surface area contributed by atoms with E-state index in [2.05, 4.69) is 9.88 Å². The molecule has 0 saturated carbocycles. The summed E-state index contributed by atoms with van der Waals surface area (Å²) in [7, 11) is 0. The molecule has 0 bridgehead atoms. The molecule has 0 unspecified atom stereocenters. The van der Waals surface area contributed by atoms with Crippen molar-refractivity contribution < 1.29 is 9.47 Å². The molecule has 3 heterocycles. The first-order chi connectivity index (χ1) is 11.6. The van der Waals surface area contributed by atoms with E-state index in [9.17, 15) is 4.79 Å². The molecule has 0 amide bonds. The number of ether oxygens (including phenoxy) is 2. The van der Waals surface area contributed by atoms with Crippen molar-refractivity contribution in [2.24, 2.45) is 11.8 Å². The fraction of sp³-hybridized carbons (Fsp3) is 0.778. The second-order valence-corrected chi connectivity index (χ2v) is 7.17. The predicted octanol–water partition coefficient (Wildman–Crippen LogP) is 1.24. The van der Waals surface area contributed by atoms with Crippen LogP contribution in [0.25, 0.3) is 0 Å². The molecule has 6 nitrogen and oxygen atoms in total. The second-order valence-electron chi connectivity index (χ2n) is 7.17. The van der Waals surface area contributed by atoms with Crippen molar-refractivity contribution in [2.45, 2.75) is 33.2 Å². The van der Waals surface area contributed by atoms with Gasteiger partial charge >= 0.3 is 0 Å². The Morgan fingerprint density at radius 1 is 1.08 bits per heavy atom. The first-order valence-corrected chi connectivity index (χ1v) is 9.04. The van der Waals surface area contributed by atoms with Crippen molar-refractivity contribution in [3.8, 4) is 0 Å². The van der Waals surface area contributed by atoms with Crippen LogP contribution in [0.3, 0.4) is 0 Å². The summed E-state index contributed by atoms with van der Waals surface area (Å²) in [5, 5.41) is 0. The zero-order valence-electron chi connectivity index (χ0n) is 14.9. The van der Waals surface area contributed by atoms with Gasteiger partial charge in [-0.3, -0.25) is 9.36 Å². The average molecular weight is 335 g/mol. The Balaban J connectivity index is 1.48. The molecule has 2 aliphatic heterocycles. The van der Waals surface area contributed by atoms with Crippen LogP contribution in [-0.2, 0) is 16.0 Å². The molecule has 0 spiro atoms. The number of hydrogen-bond donors (Lipinski definition) is 0. The van der Waals surface area contributed by atoms with Gasteiger partial charge in [-0.05, 0) is 45.7 Å². The standard InChI is InChI=1S/C18H29N3O3/c1-14-15(2)19-13-21(18(14)22)10-16-3-5-20(6-4-16)9-17-11-23-7-8-24-12-17/h13,16-17H,3-12H2,1-2H3. The van der Waals surface area contributed by atoms with Crippen LogP contribution in [0.15, 0.2) is 11.1 Å². The Morgan fingerprint density at radius 3 is 2.42 bits per heavy atom. The second kappa shape index (κ2) is 8.23. The zero-order chi connectivity index (χ0) is 16.9. The molecule has 0 aliphatic carbocycles. The highest BCUT2D eigenvalue weighted by Crippen LogP contribution is 2.20. The van der Waals surface area contributed by atoms with E-state index in [1.165, 1.54) is 0 Å². The fourth-order valence-electron chi connectivity index (χ4n) is 3.57. The number of likely N-dealkylation sites (tertiary alicyclic amines) is 1. The molecular weight excluding hydrogens is 306 g/mol. The molecule has 1 aromatic rings. The number of nitrogens with zero attached hydrogens (tertiary/aromatic N) is 3. The van der Waals surface area contributed by atoms with Crippen LogP contribution in [0, 0.1) is 25.7 Å². The van der Waals surface area contributed by atoms with E-state index >= 15 is 0 Å². The van der Waals surface area contributed by atoms with Crippen molar-refractivity contribution in [1.29, 1.82) is 0 Å². The van der Waals surface area contributed by atoms with Gasteiger partial charge in [-0.15, -0.1) is 0 Å². The van der Waals surface area contributed by atoms with Gasteiger partial charge in [0.25, 0.3) is 5.56 Å². The van der Waals surface area contributed by atoms with Gasteiger partial charge in [0.15, 0.2) is 0 Å². The number of aryl methyl sites for hydroxylation is 1. The average Bonchev–Trinajstić information content (AvgIpc) is 2.86. The van der Waals surface area contributed by atoms with E-state index < -0.39 is 0 Å². The fourth-order valence-corrected chi connectivity index (χ4v) is 3.57. The molecule has 0 atom stereocenters. The maximum absolute atomic E-state index is 12.3. The molecule has 3 rings (SSSR count). The van der Waals surface area contributed by atoms with Gasteiger partial charge in [0.05, 0.1) is 32.8 Å². The quantitative estimate of drug-likeness (QED) is 0.828. The van der Waals surface area contributed by atoms with Gasteiger partial charge in [0, 0.05) is 30.3 Å². The van der Waals surface area contributed by atoms with E-state index in [1.54, 1.807) is 10.9 Å². The maximum Gasteiger partial charge on any atom is 0.256 e. The van der Waals surface area contributed by atoms with Crippen LogP contribution in [-0.4, -0.2) is 60.5 Å². The van der Waals surface area contributed by atoms with Crippen molar-refractivity contribution in [3.05, 3.63) is 27.9 Å². The van der Waals surface area contributed by atoms with Crippen LogP contribution in [0.4, 0.5) is 0 Å². The van der Waals surface area contributed by atoms with Crippen LogP contribution >= 0.6 is 0 Å². The Morgan fingerprint density at radius 2 is 1.75 bits per heavy atom. The maximum atomic E-state index is 12.3. The van der Waals surface area contributed by atoms with Gasteiger partial charge in [-0.1, -0.05) is 0 Å². The minimum Gasteiger partial charge on any atom is -0.379 e. The molecular formula is C18H29N3O3. The number of rotatable bonds is 4. The van der Waals surface area contributed by atoms with Crippen LogP contribution in [0.1, 0.15) is 24.1 Å². The number of aromatic nitrogens is 2. The molecule has 2 aliphatic rings. The van der Waals surface area contributed by atoms with Gasteiger partial charge in [0.2, 0.25) is 0 Å². The van der Waals surface area contributed by atoms with E-state index in [0.29, 0.717) is 11.8 Å². The van der Waals surface area contributed by atoms with Crippen molar-refractivity contribution >= 4 is 0 Å². The summed E-state index contributed by atoms with van der Waals surface area (Å²) in [6, 6.07) is 0. The Labute approximate surface area is 143 Å². The highest BCUT2D eigenvalue weighted by molar-refractivity contribution is 5.12. The lowest BCUT2D eigenvalue weighted by Gasteiger charge is -2.34. The monoisotopic (exact) mass is 335 g/mol. The van der Waals surface area contributed by atoms with E-state index in [4.69, 9.17) is 9.47 Å².